The van der Waals surface area contributed by atoms with E-state index in [1.54, 1.807) is 0 Å². The number of thioether (sulfide) groups is 1. The van der Waals surface area contributed by atoms with Crippen LogP contribution in [0.4, 0.5) is 0 Å². The van der Waals surface area contributed by atoms with Gasteiger partial charge in [0.05, 0.1) is 0 Å². The molecular weight excluding hydrogens is 214 g/mol. The van der Waals surface area contributed by atoms with E-state index in [0.717, 1.165) is 6.54 Å². The first-order valence-corrected chi connectivity index (χ1v) is 7.16. The van der Waals surface area contributed by atoms with E-state index in [-0.39, 0.29) is 0 Å². The first-order chi connectivity index (χ1) is 7.54. The van der Waals surface area contributed by atoms with Crippen LogP contribution in [0.2, 0.25) is 0 Å². The van der Waals surface area contributed by atoms with Crippen LogP contribution < -0.4 is 5.32 Å². The first-order valence-electron chi connectivity index (χ1n) is 5.88. The zero-order valence-corrected chi connectivity index (χ0v) is 11.8. The minimum Gasteiger partial charge on any atom is -0.309 e. The van der Waals surface area contributed by atoms with E-state index in [0.29, 0.717) is 11.3 Å². The summed E-state index contributed by atoms with van der Waals surface area (Å²) < 4.78 is 0. The third-order valence-electron chi connectivity index (χ3n) is 3.02. The highest BCUT2D eigenvalue weighted by Crippen LogP contribution is 2.19. The molecule has 2 unspecified atom stereocenters. The number of aryl methyl sites for hydroxylation is 2. The van der Waals surface area contributed by atoms with E-state index in [2.05, 4.69) is 57.5 Å². The summed E-state index contributed by atoms with van der Waals surface area (Å²) in [6, 6.07) is 7.11. The summed E-state index contributed by atoms with van der Waals surface area (Å²) in [5.74, 6) is 0. The van der Waals surface area contributed by atoms with Crippen molar-refractivity contribution in [2.75, 3.05) is 12.8 Å². The summed E-state index contributed by atoms with van der Waals surface area (Å²) in [7, 11) is 0. The molecular formula is C14H23NS. The normalized spacial score (nSPS) is 14.8. The van der Waals surface area contributed by atoms with Crippen LogP contribution in [0.15, 0.2) is 18.2 Å². The molecule has 1 aromatic carbocycles. The second kappa shape index (κ2) is 6.31. The fraction of sp³-hybridized carbons (Fsp3) is 0.571. The molecule has 1 N–H and O–H groups in total. The van der Waals surface area contributed by atoms with Crippen molar-refractivity contribution < 1.29 is 0 Å². The molecule has 1 rings (SSSR count). The summed E-state index contributed by atoms with van der Waals surface area (Å²) in [4.78, 5) is 0. The van der Waals surface area contributed by atoms with Crippen LogP contribution in [0.3, 0.4) is 0 Å². The van der Waals surface area contributed by atoms with Gasteiger partial charge in [-0.15, -0.1) is 0 Å². The molecule has 0 saturated heterocycles. The lowest BCUT2D eigenvalue weighted by Crippen LogP contribution is -2.26. The maximum Gasteiger partial charge on any atom is 0.0294 e. The predicted molar refractivity (Wildman–Crippen MR) is 75.3 cm³/mol. The van der Waals surface area contributed by atoms with Gasteiger partial charge >= 0.3 is 0 Å². The van der Waals surface area contributed by atoms with Crippen molar-refractivity contribution in [3.05, 3.63) is 34.9 Å². The highest BCUT2D eigenvalue weighted by molar-refractivity contribution is 7.99. The molecule has 0 aliphatic heterocycles. The second-order valence-electron chi connectivity index (χ2n) is 4.54. The van der Waals surface area contributed by atoms with Gasteiger partial charge in [0, 0.05) is 17.8 Å². The molecule has 1 nitrogen and oxygen atoms in total. The Morgan fingerprint density at radius 3 is 2.56 bits per heavy atom. The zero-order chi connectivity index (χ0) is 12.1. The summed E-state index contributed by atoms with van der Waals surface area (Å²) in [6.07, 6.45) is 2.16. The van der Waals surface area contributed by atoms with Crippen LogP contribution >= 0.6 is 11.8 Å². The first kappa shape index (κ1) is 13.6. The monoisotopic (exact) mass is 237 g/mol. The number of nitrogens with one attached hydrogen (secondary N) is 1. The summed E-state index contributed by atoms with van der Waals surface area (Å²) in [5.41, 5.74) is 4.14. The molecule has 2 heteroatoms. The molecule has 0 aliphatic rings. The van der Waals surface area contributed by atoms with Crippen molar-refractivity contribution in [1.82, 2.24) is 5.32 Å². The minimum atomic E-state index is 0.439. The van der Waals surface area contributed by atoms with Gasteiger partial charge in [-0.2, -0.15) is 11.8 Å². The standard InChI is InChI=1S/C14H23NS/c1-10-6-7-11(2)14(8-10)13(4)15-9-12(3)16-5/h6-8,12-13,15H,9H2,1-5H3. The van der Waals surface area contributed by atoms with E-state index in [4.69, 9.17) is 0 Å². The average molecular weight is 237 g/mol. The fourth-order valence-corrected chi connectivity index (χ4v) is 2.03. The number of rotatable bonds is 5. The van der Waals surface area contributed by atoms with Crippen molar-refractivity contribution in [3.63, 3.8) is 0 Å². The lowest BCUT2D eigenvalue weighted by Gasteiger charge is -2.19. The lowest BCUT2D eigenvalue weighted by molar-refractivity contribution is 0.573. The van der Waals surface area contributed by atoms with Gasteiger partial charge in [0.2, 0.25) is 0 Å². The Labute approximate surface area is 104 Å². The molecule has 0 radical (unpaired) electrons. The van der Waals surface area contributed by atoms with Crippen molar-refractivity contribution in [2.45, 2.75) is 39.0 Å². The van der Waals surface area contributed by atoms with Crippen LogP contribution in [0, 0.1) is 13.8 Å². The molecule has 2 atom stereocenters. The van der Waals surface area contributed by atoms with E-state index < -0.39 is 0 Å². The Bertz CT molecular complexity index is 336. The quantitative estimate of drug-likeness (QED) is 0.838. The van der Waals surface area contributed by atoms with Crippen molar-refractivity contribution in [3.8, 4) is 0 Å². The molecule has 90 valence electrons. The van der Waals surface area contributed by atoms with Gasteiger partial charge in [-0.3, -0.25) is 0 Å². The molecule has 0 aromatic heterocycles. The highest BCUT2D eigenvalue weighted by Gasteiger charge is 2.09. The second-order valence-corrected chi connectivity index (χ2v) is 5.81. The topological polar surface area (TPSA) is 12.0 Å². The molecule has 0 bridgehead atoms. The Morgan fingerprint density at radius 2 is 1.94 bits per heavy atom. The van der Waals surface area contributed by atoms with E-state index in [9.17, 15) is 0 Å². The van der Waals surface area contributed by atoms with Gasteiger partial charge < -0.3 is 5.32 Å². The van der Waals surface area contributed by atoms with E-state index >= 15 is 0 Å². The molecule has 0 amide bonds. The van der Waals surface area contributed by atoms with Crippen LogP contribution in [0.1, 0.15) is 36.6 Å². The SMILES string of the molecule is CSC(C)CNC(C)c1cc(C)ccc1C. The van der Waals surface area contributed by atoms with Gasteiger partial charge in [0.25, 0.3) is 0 Å². The number of hydrogen-bond donors (Lipinski definition) is 1. The van der Waals surface area contributed by atoms with Gasteiger partial charge in [-0.25, -0.2) is 0 Å². The molecule has 0 saturated carbocycles. The van der Waals surface area contributed by atoms with E-state index in [1.165, 1.54) is 16.7 Å². The van der Waals surface area contributed by atoms with Crippen molar-refractivity contribution >= 4 is 11.8 Å². The molecule has 0 spiro atoms. The maximum atomic E-state index is 3.60. The van der Waals surface area contributed by atoms with Crippen molar-refractivity contribution in [1.29, 1.82) is 0 Å². The van der Waals surface area contributed by atoms with Crippen LogP contribution in [0.5, 0.6) is 0 Å². The fourth-order valence-electron chi connectivity index (χ4n) is 1.76. The van der Waals surface area contributed by atoms with Gasteiger partial charge in [0.15, 0.2) is 0 Å². The number of hydrogen-bond acceptors (Lipinski definition) is 2. The molecule has 1 aromatic rings. The van der Waals surface area contributed by atoms with E-state index in [1.807, 2.05) is 11.8 Å². The smallest absolute Gasteiger partial charge is 0.0294 e. The zero-order valence-electron chi connectivity index (χ0n) is 11.0. The maximum absolute atomic E-state index is 3.60. The molecule has 0 heterocycles. The van der Waals surface area contributed by atoms with Crippen LogP contribution in [0.25, 0.3) is 0 Å². The predicted octanol–water partition coefficient (Wildman–Crippen LogP) is 3.71. The van der Waals surface area contributed by atoms with Crippen LogP contribution in [-0.2, 0) is 0 Å². The largest absolute Gasteiger partial charge is 0.309 e. The Balaban J connectivity index is 2.65. The van der Waals surface area contributed by atoms with Gasteiger partial charge in [0.1, 0.15) is 0 Å². The highest BCUT2D eigenvalue weighted by atomic mass is 32.2. The average Bonchev–Trinajstić information content (AvgIpc) is 2.28. The van der Waals surface area contributed by atoms with Gasteiger partial charge in [-0.05, 0) is 38.2 Å². The minimum absolute atomic E-state index is 0.439. The third-order valence-corrected chi connectivity index (χ3v) is 3.99. The summed E-state index contributed by atoms with van der Waals surface area (Å²) in [6.45, 7) is 9.91. The lowest BCUT2D eigenvalue weighted by atomic mass is 10.00. The van der Waals surface area contributed by atoms with Crippen molar-refractivity contribution in [2.24, 2.45) is 0 Å². The Morgan fingerprint density at radius 1 is 1.25 bits per heavy atom. The molecule has 0 fully saturated rings. The summed E-state index contributed by atoms with van der Waals surface area (Å²) in [5, 5.41) is 4.27. The Kier molecular flexibility index (Phi) is 5.36. The third kappa shape index (κ3) is 3.84. The number of benzene rings is 1. The summed E-state index contributed by atoms with van der Waals surface area (Å²) >= 11 is 1.91. The Hall–Kier alpha value is -0.470. The van der Waals surface area contributed by atoms with Crippen LogP contribution in [-0.4, -0.2) is 18.1 Å². The molecule has 0 aliphatic carbocycles. The molecule has 16 heavy (non-hydrogen) atoms. The van der Waals surface area contributed by atoms with Gasteiger partial charge in [-0.1, -0.05) is 30.7 Å².